The smallest absolute Gasteiger partial charge is 0.325 e. The van der Waals surface area contributed by atoms with Gasteiger partial charge in [0.25, 0.3) is 5.91 Å². The number of nitrogens with one attached hydrogen (secondary N) is 1. The number of rotatable bonds is 3. The van der Waals surface area contributed by atoms with Crippen LogP contribution in [0, 0.1) is 0 Å². The Balaban J connectivity index is 1.72. The summed E-state index contributed by atoms with van der Waals surface area (Å²) >= 11 is 1.53. The van der Waals surface area contributed by atoms with Gasteiger partial charge in [-0.3, -0.25) is 14.5 Å². The van der Waals surface area contributed by atoms with Gasteiger partial charge in [0.2, 0.25) is 5.91 Å². The molecule has 4 amide bonds. The Bertz CT molecular complexity index is 544. The van der Waals surface area contributed by atoms with Crippen LogP contribution in [-0.2, 0) is 9.59 Å². The molecule has 21 heavy (non-hydrogen) atoms. The highest BCUT2D eigenvalue weighted by atomic mass is 32.1. The number of carbonyl (C=O) groups is 3. The van der Waals surface area contributed by atoms with E-state index in [1.807, 2.05) is 5.38 Å². The van der Waals surface area contributed by atoms with Gasteiger partial charge in [-0.15, -0.1) is 11.3 Å². The maximum absolute atomic E-state index is 12.5. The van der Waals surface area contributed by atoms with Crippen LogP contribution in [0.3, 0.4) is 0 Å². The first-order valence-electron chi connectivity index (χ1n) is 6.94. The Kier molecular flexibility index (Phi) is 3.87. The molecular formula is C13H16N4O3S. The van der Waals surface area contributed by atoms with E-state index >= 15 is 0 Å². The number of amides is 4. The first-order valence-corrected chi connectivity index (χ1v) is 7.82. The molecule has 1 atom stereocenters. The van der Waals surface area contributed by atoms with Crippen molar-refractivity contribution in [2.24, 2.45) is 0 Å². The maximum Gasteiger partial charge on any atom is 0.325 e. The van der Waals surface area contributed by atoms with Gasteiger partial charge in [-0.1, -0.05) is 0 Å². The molecule has 1 aromatic heterocycles. The van der Waals surface area contributed by atoms with E-state index in [0.717, 1.165) is 29.2 Å². The number of imide groups is 1. The topological polar surface area (TPSA) is 82.6 Å². The Hall–Kier alpha value is -1.96. The molecule has 2 aliphatic rings. The summed E-state index contributed by atoms with van der Waals surface area (Å²) in [6.45, 7) is 0.432. The Morgan fingerprint density at radius 2 is 2.29 bits per heavy atom. The summed E-state index contributed by atoms with van der Waals surface area (Å²) in [5.41, 5.74) is 0. The second-order valence-electron chi connectivity index (χ2n) is 5.11. The van der Waals surface area contributed by atoms with Gasteiger partial charge >= 0.3 is 6.03 Å². The van der Waals surface area contributed by atoms with Gasteiger partial charge in [0.1, 0.15) is 11.6 Å². The van der Waals surface area contributed by atoms with Crippen molar-refractivity contribution < 1.29 is 14.4 Å². The minimum absolute atomic E-state index is 0.0258. The van der Waals surface area contributed by atoms with E-state index in [1.54, 1.807) is 11.1 Å². The lowest BCUT2D eigenvalue weighted by atomic mass is 10.0. The average Bonchev–Trinajstić information content (AvgIpc) is 3.13. The van der Waals surface area contributed by atoms with Gasteiger partial charge in [0.05, 0.1) is 12.6 Å². The van der Waals surface area contributed by atoms with Crippen molar-refractivity contribution in [2.45, 2.75) is 25.3 Å². The van der Waals surface area contributed by atoms with Crippen molar-refractivity contribution in [1.29, 1.82) is 0 Å². The summed E-state index contributed by atoms with van der Waals surface area (Å²) < 4.78 is 0. The largest absolute Gasteiger partial charge is 0.332 e. The van der Waals surface area contributed by atoms with Crippen molar-refractivity contribution in [3.63, 3.8) is 0 Å². The number of hydrogen-bond acceptors (Lipinski definition) is 5. The first-order chi connectivity index (χ1) is 10.2. The third-order valence-electron chi connectivity index (χ3n) is 3.79. The van der Waals surface area contributed by atoms with Crippen LogP contribution in [0.4, 0.5) is 4.79 Å². The summed E-state index contributed by atoms with van der Waals surface area (Å²) in [6, 6.07) is -0.525. The zero-order valence-corrected chi connectivity index (χ0v) is 12.3. The van der Waals surface area contributed by atoms with Crippen molar-refractivity contribution in [1.82, 2.24) is 20.1 Å². The van der Waals surface area contributed by atoms with Gasteiger partial charge in [-0.05, 0) is 19.3 Å². The minimum Gasteiger partial charge on any atom is -0.332 e. The number of urea groups is 1. The van der Waals surface area contributed by atoms with E-state index in [9.17, 15) is 14.4 Å². The molecule has 0 aliphatic carbocycles. The van der Waals surface area contributed by atoms with Gasteiger partial charge < -0.3 is 10.2 Å². The van der Waals surface area contributed by atoms with E-state index in [-0.39, 0.29) is 30.9 Å². The first kappa shape index (κ1) is 14.0. The summed E-state index contributed by atoms with van der Waals surface area (Å²) in [5, 5.41) is 5.23. The third kappa shape index (κ3) is 2.76. The number of nitrogens with zero attached hydrogens (tertiary/aromatic N) is 3. The molecule has 1 aromatic rings. The number of carbonyl (C=O) groups excluding carboxylic acids is 3. The second-order valence-corrected chi connectivity index (χ2v) is 6.03. The van der Waals surface area contributed by atoms with Crippen LogP contribution in [0.15, 0.2) is 11.6 Å². The number of likely N-dealkylation sites (tertiary alicyclic amines) is 1. The van der Waals surface area contributed by atoms with Crippen LogP contribution in [-0.4, -0.2) is 52.3 Å². The van der Waals surface area contributed by atoms with Gasteiger partial charge in [-0.2, -0.15) is 0 Å². The molecule has 1 N–H and O–H groups in total. The zero-order valence-electron chi connectivity index (χ0n) is 11.4. The monoisotopic (exact) mass is 308 g/mol. The fraction of sp³-hybridized carbons (Fsp3) is 0.538. The number of thiazole rings is 1. The van der Waals surface area contributed by atoms with Crippen LogP contribution in [0.5, 0.6) is 0 Å². The molecule has 0 saturated carbocycles. The van der Waals surface area contributed by atoms with Gasteiger partial charge in [0.15, 0.2) is 0 Å². The van der Waals surface area contributed by atoms with Gasteiger partial charge in [0, 0.05) is 18.1 Å². The van der Waals surface area contributed by atoms with E-state index in [4.69, 9.17) is 0 Å². The van der Waals surface area contributed by atoms with Crippen molar-refractivity contribution in [2.75, 3.05) is 19.6 Å². The molecule has 0 radical (unpaired) electrons. The predicted octanol–water partition coefficient (Wildman–Crippen LogP) is 0.748. The maximum atomic E-state index is 12.5. The lowest BCUT2D eigenvalue weighted by Crippen LogP contribution is -2.46. The minimum atomic E-state index is -0.490. The highest BCUT2D eigenvalue weighted by Crippen LogP contribution is 2.32. The number of piperidine rings is 1. The fourth-order valence-corrected chi connectivity index (χ4v) is 3.51. The van der Waals surface area contributed by atoms with Crippen molar-refractivity contribution in [3.8, 4) is 0 Å². The summed E-state index contributed by atoms with van der Waals surface area (Å²) in [5.74, 6) is -0.545. The number of aromatic nitrogens is 1. The summed E-state index contributed by atoms with van der Waals surface area (Å²) in [7, 11) is 0. The SMILES string of the molecule is O=C1CNC(=O)N1CC(=O)N1CCCCC1c1nccs1. The molecule has 2 aliphatic heterocycles. The molecular weight excluding hydrogens is 292 g/mol. The van der Waals surface area contributed by atoms with Crippen LogP contribution in [0.25, 0.3) is 0 Å². The molecule has 8 heteroatoms. The van der Waals surface area contributed by atoms with Crippen molar-refractivity contribution in [3.05, 3.63) is 16.6 Å². The van der Waals surface area contributed by atoms with Crippen LogP contribution < -0.4 is 5.32 Å². The lowest BCUT2D eigenvalue weighted by Gasteiger charge is -2.35. The quantitative estimate of drug-likeness (QED) is 0.835. The number of hydrogen-bond donors (Lipinski definition) is 1. The average molecular weight is 308 g/mol. The van der Waals surface area contributed by atoms with Crippen molar-refractivity contribution >= 4 is 29.2 Å². The highest BCUT2D eigenvalue weighted by molar-refractivity contribution is 7.09. The Morgan fingerprint density at radius 1 is 1.43 bits per heavy atom. The summed E-state index contributed by atoms with van der Waals surface area (Å²) in [6.07, 6.45) is 4.60. The highest BCUT2D eigenvalue weighted by Gasteiger charge is 2.35. The molecule has 7 nitrogen and oxygen atoms in total. The Morgan fingerprint density at radius 3 is 2.95 bits per heavy atom. The molecule has 3 heterocycles. The predicted molar refractivity (Wildman–Crippen MR) is 75.5 cm³/mol. The molecule has 2 saturated heterocycles. The van der Waals surface area contributed by atoms with Crippen LogP contribution in [0.1, 0.15) is 30.3 Å². The molecule has 0 bridgehead atoms. The van der Waals surface area contributed by atoms with Crippen LogP contribution in [0.2, 0.25) is 0 Å². The zero-order chi connectivity index (χ0) is 14.8. The lowest BCUT2D eigenvalue weighted by molar-refractivity contribution is -0.139. The molecule has 0 spiro atoms. The van der Waals surface area contributed by atoms with E-state index in [0.29, 0.717) is 6.54 Å². The molecule has 3 rings (SSSR count). The van der Waals surface area contributed by atoms with Crippen LogP contribution >= 0.6 is 11.3 Å². The molecule has 2 fully saturated rings. The van der Waals surface area contributed by atoms with E-state index in [1.165, 1.54) is 11.3 Å². The van der Waals surface area contributed by atoms with E-state index < -0.39 is 6.03 Å². The van der Waals surface area contributed by atoms with E-state index in [2.05, 4.69) is 10.3 Å². The molecule has 0 aromatic carbocycles. The Labute approximate surface area is 125 Å². The molecule has 1 unspecified atom stereocenters. The summed E-state index contributed by atoms with van der Waals surface area (Å²) in [4.78, 5) is 42.6. The fourth-order valence-electron chi connectivity index (χ4n) is 2.73. The molecule has 112 valence electrons. The second kappa shape index (κ2) is 5.80. The standard InChI is InChI=1S/C13H16N4O3S/c18-10-7-15-13(20)17(10)8-11(19)16-5-2-1-3-9(16)12-14-4-6-21-12/h4,6,9H,1-3,5,7-8H2,(H,15,20). The normalized spacial score (nSPS) is 22.6. The van der Waals surface area contributed by atoms with Gasteiger partial charge in [-0.25, -0.2) is 9.78 Å². The third-order valence-corrected chi connectivity index (χ3v) is 4.67.